The Morgan fingerprint density at radius 3 is 2.47 bits per heavy atom. The zero-order chi connectivity index (χ0) is 13.8. The lowest BCUT2D eigenvalue weighted by Gasteiger charge is -2.08. The predicted molar refractivity (Wildman–Crippen MR) is 82.3 cm³/mol. The van der Waals surface area contributed by atoms with Crippen molar-refractivity contribution in [2.45, 2.75) is 4.90 Å². The predicted octanol–water partition coefficient (Wildman–Crippen LogP) is 4.82. The van der Waals surface area contributed by atoms with E-state index in [0.717, 1.165) is 10.6 Å². The van der Waals surface area contributed by atoms with Crippen molar-refractivity contribution in [3.8, 4) is 0 Å². The molecule has 6 heteroatoms. The van der Waals surface area contributed by atoms with Crippen molar-refractivity contribution in [1.82, 2.24) is 0 Å². The van der Waals surface area contributed by atoms with Crippen molar-refractivity contribution >= 4 is 44.8 Å². The summed E-state index contributed by atoms with van der Waals surface area (Å²) in [7, 11) is 0. The molecule has 1 N–H and O–H groups in total. The second-order valence-corrected chi connectivity index (χ2v) is 5.57. The lowest BCUT2D eigenvalue weighted by atomic mass is 10.2. The third-order valence-electron chi connectivity index (χ3n) is 2.53. The maximum Gasteiger partial charge on any atom is 0.293 e. The summed E-state index contributed by atoms with van der Waals surface area (Å²) in [6.07, 6.45) is 2.00. The van der Waals surface area contributed by atoms with Gasteiger partial charge in [0.15, 0.2) is 0 Å². The minimum absolute atomic E-state index is 0.0447. The standard InChI is InChI=1S/C13H11BrN2O2S/c1-19-11-5-3-10(4-6-11)15-12-7-2-9(14)8-13(12)16(17)18/h2-8,15H,1H3. The largest absolute Gasteiger partial charge is 0.350 e. The number of rotatable bonds is 4. The highest BCUT2D eigenvalue weighted by Crippen LogP contribution is 2.30. The third-order valence-corrected chi connectivity index (χ3v) is 3.76. The molecule has 0 aliphatic carbocycles. The number of thioether (sulfide) groups is 1. The molecule has 2 aromatic rings. The van der Waals surface area contributed by atoms with E-state index in [4.69, 9.17) is 0 Å². The summed E-state index contributed by atoms with van der Waals surface area (Å²) in [5.74, 6) is 0. The first-order chi connectivity index (χ1) is 9.10. The fourth-order valence-electron chi connectivity index (χ4n) is 1.59. The number of nitro groups is 1. The Morgan fingerprint density at radius 2 is 1.89 bits per heavy atom. The van der Waals surface area contributed by atoms with Gasteiger partial charge >= 0.3 is 0 Å². The molecule has 98 valence electrons. The second kappa shape index (κ2) is 6.08. The first kappa shape index (κ1) is 13.9. The van der Waals surface area contributed by atoms with E-state index >= 15 is 0 Å². The summed E-state index contributed by atoms with van der Waals surface area (Å²) in [4.78, 5) is 11.8. The lowest BCUT2D eigenvalue weighted by molar-refractivity contribution is -0.384. The molecule has 19 heavy (non-hydrogen) atoms. The average molecular weight is 339 g/mol. The average Bonchev–Trinajstić information content (AvgIpc) is 2.41. The summed E-state index contributed by atoms with van der Waals surface area (Å²) in [6, 6.07) is 12.7. The van der Waals surface area contributed by atoms with Crippen LogP contribution >= 0.6 is 27.7 Å². The number of benzene rings is 2. The van der Waals surface area contributed by atoms with Gasteiger partial charge in [0, 0.05) is 21.1 Å². The maximum absolute atomic E-state index is 11.0. The van der Waals surface area contributed by atoms with Gasteiger partial charge in [-0.15, -0.1) is 11.8 Å². The first-order valence-corrected chi connectivity index (χ1v) is 7.47. The zero-order valence-electron chi connectivity index (χ0n) is 10.1. The third kappa shape index (κ3) is 3.48. The normalized spacial score (nSPS) is 10.2. The molecule has 0 unspecified atom stereocenters. The molecule has 0 spiro atoms. The van der Waals surface area contributed by atoms with Crippen molar-refractivity contribution in [3.63, 3.8) is 0 Å². The first-order valence-electron chi connectivity index (χ1n) is 5.45. The molecule has 0 saturated heterocycles. The number of hydrogen-bond donors (Lipinski definition) is 1. The highest BCUT2D eigenvalue weighted by Gasteiger charge is 2.14. The van der Waals surface area contributed by atoms with Crippen LogP contribution in [0.5, 0.6) is 0 Å². The van der Waals surface area contributed by atoms with E-state index in [1.807, 2.05) is 30.5 Å². The summed E-state index contributed by atoms with van der Waals surface area (Å²) < 4.78 is 0.683. The van der Waals surface area contributed by atoms with Gasteiger partial charge < -0.3 is 5.32 Å². The quantitative estimate of drug-likeness (QED) is 0.493. The number of hydrogen-bond acceptors (Lipinski definition) is 4. The number of anilines is 2. The van der Waals surface area contributed by atoms with Crippen LogP contribution in [0.15, 0.2) is 51.8 Å². The summed E-state index contributed by atoms with van der Waals surface area (Å²) >= 11 is 4.89. The number of nitrogens with one attached hydrogen (secondary N) is 1. The molecular weight excluding hydrogens is 328 g/mol. The van der Waals surface area contributed by atoms with E-state index in [0.29, 0.717) is 10.2 Å². The molecule has 0 heterocycles. The van der Waals surface area contributed by atoms with Crippen LogP contribution in [0.25, 0.3) is 0 Å². The van der Waals surface area contributed by atoms with Crippen molar-refractivity contribution in [2.24, 2.45) is 0 Å². The summed E-state index contributed by atoms with van der Waals surface area (Å²) in [6.45, 7) is 0. The Labute approximate surface area is 123 Å². The van der Waals surface area contributed by atoms with Crippen molar-refractivity contribution in [3.05, 3.63) is 57.1 Å². The van der Waals surface area contributed by atoms with Crippen molar-refractivity contribution in [2.75, 3.05) is 11.6 Å². The highest BCUT2D eigenvalue weighted by molar-refractivity contribution is 9.10. The van der Waals surface area contributed by atoms with E-state index in [-0.39, 0.29) is 5.69 Å². The van der Waals surface area contributed by atoms with E-state index < -0.39 is 4.92 Å². The second-order valence-electron chi connectivity index (χ2n) is 3.77. The van der Waals surface area contributed by atoms with E-state index in [1.165, 1.54) is 6.07 Å². The molecule has 0 aromatic heterocycles. The van der Waals surface area contributed by atoms with Crippen LogP contribution in [-0.4, -0.2) is 11.2 Å². The summed E-state index contributed by atoms with van der Waals surface area (Å²) in [5, 5.41) is 14.1. The molecule has 2 aromatic carbocycles. The Bertz CT molecular complexity index is 602. The SMILES string of the molecule is CSc1ccc(Nc2ccc(Br)cc2[N+](=O)[O-])cc1. The highest BCUT2D eigenvalue weighted by atomic mass is 79.9. The van der Waals surface area contributed by atoms with Crippen molar-refractivity contribution < 1.29 is 4.92 Å². The smallest absolute Gasteiger partial charge is 0.293 e. The zero-order valence-corrected chi connectivity index (χ0v) is 12.5. The van der Waals surface area contributed by atoms with Crippen LogP contribution in [0.4, 0.5) is 17.1 Å². The molecule has 4 nitrogen and oxygen atoms in total. The van der Waals surface area contributed by atoms with Crippen LogP contribution in [0.2, 0.25) is 0 Å². The van der Waals surface area contributed by atoms with Crippen molar-refractivity contribution in [1.29, 1.82) is 0 Å². The number of nitro benzene ring substituents is 1. The van der Waals surface area contributed by atoms with Gasteiger partial charge in [0.1, 0.15) is 5.69 Å². The van der Waals surface area contributed by atoms with Gasteiger partial charge in [0.2, 0.25) is 0 Å². The minimum atomic E-state index is -0.399. The molecule has 0 bridgehead atoms. The van der Waals surface area contributed by atoms with Gasteiger partial charge in [-0.05, 0) is 42.7 Å². The molecular formula is C13H11BrN2O2S. The fraction of sp³-hybridized carbons (Fsp3) is 0.0769. The number of halogens is 1. The molecule has 0 saturated carbocycles. The Balaban J connectivity index is 2.29. The fourth-order valence-corrected chi connectivity index (χ4v) is 2.35. The van der Waals surface area contributed by atoms with Gasteiger partial charge in [-0.2, -0.15) is 0 Å². The molecule has 0 amide bonds. The van der Waals surface area contributed by atoms with Crippen LogP contribution in [-0.2, 0) is 0 Å². The van der Waals surface area contributed by atoms with E-state index in [9.17, 15) is 10.1 Å². The van der Waals surface area contributed by atoms with Gasteiger partial charge in [0.05, 0.1) is 4.92 Å². The molecule has 0 aliphatic heterocycles. The van der Waals surface area contributed by atoms with Gasteiger partial charge in [-0.1, -0.05) is 15.9 Å². The van der Waals surface area contributed by atoms with Crippen LogP contribution < -0.4 is 5.32 Å². The lowest BCUT2D eigenvalue weighted by Crippen LogP contribution is -1.96. The monoisotopic (exact) mass is 338 g/mol. The Hall–Kier alpha value is -1.53. The number of nitrogens with zero attached hydrogens (tertiary/aromatic N) is 1. The van der Waals surface area contributed by atoms with Gasteiger partial charge in [-0.25, -0.2) is 0 Å². The molecule has 2 rings (SSSR count). The van der Waals surface area contributed by atoms with E-state index in [2.05, 4.69) is 21.2 Å². The maximum atomic E-state index is 11.0. The van der Waals surface area contributed by atoms with Crippen LogP contribution in [0.1, 0.15) is 0 Å². The minimum Gasteiger partial charge on any atom is -0.350 e. The Morgan fingerprint density at radius 1 is 1.21 bits per heavy atom. The van der Waals surface area contributed by atoms with Crippen LogP contribution in [0, 0.1) is 10.1 Å². The molecule has 0 aliphatic rings. The molecule has 0 fully saturated rings. The van der Waals surface area contributed by atoms with Gasteiger partial charge in [0.25, 0.3) is 5.69 Å². The van der Waals surface area contributed by atoms with E-state index in [1.54, 1.807) is 23.9 Å². The Kier molecular flexibility index (Phi) is 4.44. The molecule has 0 radical (unpaired) electrons. The van der Waals surface area contributed by atoms with Crippen LogP contribution in [0.3, 0.4) is 0 Å². The van der Waals surface area contributed by atoms with Gasteiger partial charge in [-0.3, -0.25) is 10.1 Å². The topological polar surface area (TPSA) is 55.2 Å². The molecule has 0 atom stereocenters. The summed E-state index contributed by atoms with van der Waals surface area (Å²) in [5.41, 5.74) is 1.34.